The number of methoxy groups -OCH3 is 1. The number of amides is 1. The molecule has 0 spiro atoms. The van der Waals surface area contributed by atoms with E-state index in [2.05, 4.69) is 42.2 Å². The Morgan fingerprint density at radius 3 is 2.60 bits per heavy atom. The highest BCUT2D eigenvalue weighted by atomic mass is 16.5. The summed E-state index contributed by atoms with van der Waals surface area (Å²) in [6.07, 6.45) is 2.87. The molecule has 1 saturated heterocycles. The van der Waals surface area contributed by atoms with Gasteiger partial charge in [-0.1, -0.05) is 29.8 Å². The maximum absolute atomic E-state index is 12.0. The van der Waals surface area contributed by atoms with E-state index in [9.17, 15) is 20.0 Å². The van der Waals surface area contributed by atoms with Gasteiger partial charge in [-0.2, -0.15) is 5.26 Å². The number of aryl methyl sites for hydroxylation is 1. The number of piperidine rings is 1. The van der Waals surface area contributed by atoms with Crippen molar-refractivity contribution in [2.45, 2.75) is 45.2 Å². The summed E-state index contributed by atoms with van der Waals surface area (Å²) in [4.78, 5) is 27.3. The second-order valence-electron chi connectivity index (χ2n) is 8.72. The summed E-state index contributed by atoms with van der Waals surface area (Å²) in [6, 6.07) is 9.86. The number of hydrogen-bond acceptors (Lipinski definition) is 5. The van der Waals surface area contributed by atoms with E-state index in [0.29, 0.717) is 31.3 Å². The molecule has 4 atom stereocenters. The summed E-state index contributed by atoms with van der Waals surface area (Å²) in [7, 11) is 1.29. The van der Waals surface area contributed by atoms with Gasteiger partial charge in [-0.3, -0.25) is 9.80 Å². The van der Waals surface area contributed by atoms with Crippen LogP contribution in [0.2, 0.25) is 0 Å². The third-order valence-electron chi connectivity index (χ3n) is 6.61. The van der Waals surface area contributed by atoms with Crippen molar-refractivity contribution in [1.82, 2.24) is 9.80 Å². The van der Waals surface area contributed by atoms with Crippen molar-refractivity contribution in [2.75, 3.05) is 26.7 Å². The van der Waals surface area contributed by atoms with Gasteiger partial charge in [0.05, 0.1) is 19.7 Å². The number of carbonyl (C=O) groups is 2. The molecule has 2 fully saturated rings. The number of nitriles is 1. The molecular formula is C23H31N3O4. The molecule has 1 heterocycles. The van der Waals surface area contributed by atoms with E-state index >= 15 is 0 Å². The minimum Gasteiger partial charge on any atom is -0.480 e. The van der Waals surface area contributed by atoms with Crippen molar-refractivity contribution in [1.29, 1.82) is 5.26 Å². The van der Waals surface area contributed by atoms with Gasteiger partial charge in [0, 0.05) is 19.6 Å². The topological polar surface area (TPSA) is 93.9 Å². The SMILES string of the molecule is COC(=O)N1C[C@@H]2CCC(CN(CC#N)Cc3ccc(C)cc3)CC2CC1C(=O)O. The first-order valence-electron chi connectivity index (χ1n) is 10.6. The van der Waals surface area contributed by atoms with Crippen LogP contribution in [0.4, 0.5) is 4.79 Å². The van der Waals surface area contributed by atoms with Crippen LogP contribution < -0.4 is 0 Å². The Kier molecular flexibility index (Phi) is 7.33. The molecule has 162 valence electrons. The van der Waals surface area contributed by atoms with Crippen LogP contribution in [0.5, 0.6) is 0 Å². The molecule has 2 aliphatic rings. The number of nitrogens with zero attached hydrogens (tertiary/aromatic N) is 3. The van der Waals surface area contributed by atoms with Crippen LogP contribution in [0, 0.1) is 36.0 Å². The average Bonchev–Trinajstić information content (AvgIpc) is 2.74. The third kappa shape index (κ3) is 5.31. The number of hydrogen-bond donors (Lipinski definition) is 1. The normalized spacial score (nSPS) is 26.0. The van der Waals surface area contributed by atoms with Gasteiger partial charge in [-0.05, 0) is 55.9 Å². The number of likely N-dealkylation sites (tertiary alicyclic amines) is 1. The Balaban J connectivity index is 1.62. The molecule has 3 rings (SSSR count). The van der Waals surface area contributed by atoms with Gasteiger partial charge in [-0.15, -0.1) is 0 Å². The lowest BCUT2D eigenvalue weighted by molar-refractivity contribution is -0.146. The molecule has 1 aliphatic heterocycles. The molecule has 1 aromatic carbocycles. The Hall–Kier alpha value is -2.59. The van der Waals surface area contributed by atoms with E-state index in [4.69, 9.17) is 4.74 Å². The van der Waals surface area contributed by atoms with Gasteiger partial charge in [0.15, 0.2) is 0 Å². The monoisotopic (exact) mass is 413 g/mol. The van der Waals surface area contributed by atoms with Crippen LogP contribution in [-0.4, -0.2) is 59.8 Å². The minimum absolute atomic E-state index is 0.286. The molecule has 0 radical (unpaired) electrons. The van der Waals surface area contributed by atoms with Crippen LogP contribution >= 0.6 is 0 Å². The molecule has 7 heteroatoms. The molecule has 0 bridgehead atoms. The number of carbonyl (C=O) groups excluding carboxylic acids is 1. The minimum atomic E-state index is -0.966. The van der Waals surface area contributed by atoms with Crippen LogP contribution in [0.3, 0.4) is 0 Å². The lowest BCUT2D eigenvalue weighted by Crippen LogP contribution is -2.54. The van der Waals surface area contributed by atoms with Gasteiger partial charge >= 0.3 is 12.1 Å². The number of aliphatic carboxylic acids is 1. The van der Waals surface area contributed by atoms with Crippen LogP contribution in [0.25, 0.3) is 0 Å². The average molecular weight is 414 g/mol. The lowest BCUT2D eigenvalue weighted by atomic mass is 9.69. The fraction of sp³-hybridized carbons (Fsp3) is 0.609. The zero-order valence-corrected chi connectivity index (χ0v) is 17.8. The number of ether oxygens (including phenoxy) is 1. The number of benzene rings is 1. The molecule has 3 unspecified atom stereocenters. The Bertz CT molecular complexity index is 789. The van der Waals surface area contributed by atoms with Crippen molar-refractivity contribution < 1.29 is 19.4 Å². The van der Waals surface area contributed by atoms with Crippen LogP contribution in [-0.2, 0) is 16.1 Å². The van der Waals surface area contributed by atoms with Crippen molar-refractivity contribution in [2.24, 2.45) is 17.8 Å². The number of carboxylic acid groups (broad SMARTS) is 1. The molecule has 1 saturated carbocycles. The van der Waals surface area contributed by atoms with Gasteiger partial charge in [-0.25, -0.2) is 9.59 Å². The summed E-state index contributed by atoms with van der Waals surface area (Å²) in [5.74, 6) is 0.0714. The predicted molar refractivity (Wildman–Crippen MR) is 112 cm³/mol. The predicted octanol–water partition coefficient (Wildman–Crippen LogP) is 3.28. The van der Waals surface area contributed by atoms with Crippen LogP contribution in [0.1, 0.15) is 36.8 Å². The molecule has 7 nitrogen and oxygen atoms in total. The Morgan fingerprint density at radius 1 is 1.23 bits per heavy atom. The number of fused-ring (bicyclic) bond motifs is 1. The van der Waals surface area contributed by atoms with Crippen molar-refractivity contribution in [3.63, 3.8) is 0 Å². The summed E-state index contributed by atoms with van der Waals surface area (Å²) in [5.41, 5.74) is 2.41. The van der Waals surface area contributed by atoms with Gasteiger partial charge in [0.2, 0.25) is 0 Å². The molecule has 30 heavy (non-hydrogen) atoms. The van der Waals surface area contributed by atoms with Gasteiger partial charge in [0.1, 0.15) is 6.04 Å². The molecule has 0 aromatic heterocycles. The van der Waals surface area contributed by atoms with E-state index in [-0.39, 0.29) is 5.92 Å². The summed E-state index contributed by atoms with van der Waals surface area (Å²) >= 11 is 0. The van der Waals surface area contributed by atoms with E-state index in [0.717, 1.165) is 32.4 Å². The summed E-state index contributed by atoms with van der Waals surface area (Å²) in [6.45, 7) is 4.47. The van der Waals surface area contributed by atoms with Crippen molar-refractivity contribution in [3.05, 3.63) is 35.4 Å². The third-order valence-corrected chi connectivity index (χ3v) is 6.61. The Morgan fingerprint density at radius 2 is 1.97 bits per heavy atom. The first kappa shape index (κ1) is 22.1. The molecule has 1 N–H and O–H groups in total. The highest BCUT2D eigenvalue weighted by molar-refractivity contribution is 5.80. The van der Waals surface area contributed by atoms with E-state index < -0.39 is 18.1 Å². The number of carboxylic acids is 1. The van der Waals surface area contributed by atoms with Crippen LogP contribution in [0.15, 0.2) is 24.3 Å². The quantitative estimate of drug-likeness (QED) is 0.720. The van der Waals surface area contributed by atoms with E-state index in [1.165, 1.54) is 23.1 Å². The van der Waals surface area contributed by atoms with E-state index in [1.807, 2.05) is 0 Å². The second kappa shape index (κ2) is 9.94. The Labute approximate surface area is 178 Å². The van der Waals surface area contributed by atoms with E-state index in [1.54, 1.807) is 0 Å². The first-order chi connectivity index (χ1) is 14.4. The van der Waals surface area contributed by atoms with Crippen molar-refractivity contribution >= 4 is 12.1 Å². The smallest absolute Gasteiger partial charge is 0.410 e. The maximum Gasteiger partial charge on any atom is 0.410 e. The second-order valence-corrected chi connectivity index (χ2v) is 8.72. The summed E-state index contributed by atoms with van der Waals surface area (Å²) < 4.78 is 4.80. The highest BCUT2D eigenvalue weighted by Crippen LogP contribution is 2.41. The maximum atomic E-state index is 12.0. The van der Waals surface area contributed by atoms with Gasteiger partial charge < -0.3 is 9.84 Å². The van der Waals surface area contributed by atoms with Gasteiger partial charge in [0.25, 0.3) is 0 Å². The fourth-order valence-corrected chi connectivity index (χ4v) is 5.07. The fourth-order valence-electron chi connectivity index (χ4n) is 5.07. The molecule has 1 aromatic rings. The highest BCUT2D eigenvalue weighted by Gasteiger charge is 2.44. The first-order valence-corrected chi connectivity index (χ1v) is 10.6. The molecule has 1 amide bonds. The standard InChI is InChI=1S/C23H31N3O4/c1-16-3-5-17(6-4-16)13-25(10-9-24)14-18-7-8-19-15-26(23(29)30-2)21(22(27)28)12-20(19)11-18/h3-6,18-21H,7-8,10-15H2,1-2H3,(H,27,28)/t18?,19-,20?,21?/m0/s1. The zero-order valence-electron chi connectivity index (χ0n) is 17.8. The summed E-state index contributed by atoms with van der Waals surface area (Å²) in [5, 5.41) is 18.9. The lowest BCUT2D eigenvalue weighted by Gasteiger charge is -2.46. The molecular weight excluding hydrogens is 382 g/mol. The largest absolute Gasteiger partial charge is 0.480 e. The zero-order chi connectivity index (χ0) is 21.7. The number of rotatable bonds is 6. The van der Waals surface area contributed by atoms with Crippen molar-refractivity contribution in [3.8, 4) is 6.07 Å². The molecule has 1 aliphatic carbocycles.